The first-order valence-corrected chi connectivity index (χ1v) is 6.98. The minimum Gasteiger partial charge on any atom is -0.394 e. The van der Waals surface area contributed by atoms with Gasteiger partial charge in [0.1, 0.15) is 5.82 Å². The zero-order valence-electron chi connectivity index (χ0n) is 11.1. The Hall–Kier alpha value is -0.970. The Morgan fingerprint density at radius 3 is 2.58 bits per heavy atom. The van der Waals surface area contributed by atoms with E-state index in [2.05, 4.69) is 5.32 Å². The lowest BCUT2D eigenvalue weighted by Gasteiger charge is -2.35. The number of benzene rings is 1. The topological polar surface area (TPSA) is 41.5 Å². The van der Waals surface area contributed by atoms with Gasteiger partial charge >= 0.3 is 0 Å². The second-order valence-electron chi connectivity index (χ2n) is 5.01. The van der Waals surface area contributed by atoms with Crippen molar-refractivity contribution in [3.63, 3.8) is 0 Å². The molecule has 0 heterocycles. The Balaban J connectivity index is 1.86. The summed E-state index contributed by atoms with van der Waals surface area (Å²) in [5, 5.41) is 12.1. The van der Waals surface area contributed by atoms with Gasteiger partial charge in [-0.2, -0.15) is 0 Å². The molecule has 0 bridgehead atoms. The molecule has 106 valence electrons. The van der Waals surface area contributed by atoms with Crippen LogP contribution in [0.2, 0.25) is 0 Å². The van der Waals surface area contributed by atoms with E-state index in [1.807, 2.05) is 12.1 Å². The third-order valence-electron chi connectivity index (χ3n) is 3.70. The van der Waals surface area contributed by atoms with Crippen molar-refractivity contribution in [2.24, 2.45) is 5.92 Å². The van der Waals surface area contributed by atoms with Crippen LogP contribution in [0, 0.1) is 11.7 Å². The minimum atomic E-state index is -0.192. The molecule has 1 fully saturated rings. The summed E-state index contributed by atoms with van der Waals surface area (Å²) in [5.74, 6) is 0.450. The van der Waals surface area contributed by atoms with Gasteiger partial charge in [0.05, 0.1) is 19.8 Å². The van der Waals surface area contributed by atoms with Gasteiger partial charge in [-0.15, -0.1) is 0 Å². The van der Waals surface area contributed by atoms with Crippen LogP contribution in [0.15, 0.2) is 24.3 Å². The van der Waals surface area contributed by atoms with Gasteiger partial charge in [0.25, 0.3) is 0 Å². The van der Waals surface area contributed by atoms with Crippen LogP contribution in [-0.4, -0.2) is 31.5 Å². The first kappa shape index (κ1) is 14.4. The lowest BCUT2D eigenvalue weighted by molar-refractivity contribution is 0.0894. The number of halogens is 1. The van der Waals surface area contributed by atoms with Crippen LogP contribution in [-0.2, 0) is 4.74 Å². The van der Waals surface area contributed by atoms with Crippen LogP contribution in [0.25, 0.3) is 0 Å². The SMILES string of the molecule is OCCOCCNC(c1ccc(F)cc1)C1CCC1. The Morgan fingerprint density at radius 2 is 2.00 bits per heavy atom. The molecule has 1 aromatic carbocycles. The van der Waals surface area contributed by atoms with Crippen molar-refractivity contribution in [3.05, 3.63) is 35.6 Å². The summed E-state index contributed by atoms with van der Waals surface area (Å²) in [7, 11) is 0. The molecule has 1 aliphatic rings. The molecule has 0 spiro atoms. The summed E-state index contributed by atoms with van der Waals surface area (Å²) in [6.45, 7) is 1.78. The molecule has 0 amide bonds. The molecule has 0 aliphatic heterocycles. The van der Waals surface area contributed by atoms with Crippen molar-refractivity contribution in [2.75, 3.05) is 26.4 Å². The average molecular weight is 267 g/mol. The van der Waals surface area contributed by atoms with Gasteiger partial charge in [0, 0.05) is 12.6 Å². The summed E-state index contributed by atoms with van der Waals surface area (Å²) in [6, 6.07) is 7.04. The number of nitrogens with one attached hydrogen (secondary N) is 1. The maximum absolute atomic E-state index is 13.0. The van der Waals surface area contributed by atoms with Crippen LogP contribution in [0.3, 0.4) is 0 Å². The monoisotopic (exact) mass is 267 g/mol. The highest BCUT2D eigenvalue weighted by Crippen LogP contribution is 2.37. The standard InChI is InChI=1S/C15H22FNO2/c16-14-6-4-13(5-7-14)15(12-2-1-3-12)17-8-10-19-11-9-18/h4-7,12,15,17-18H,1-3,8-11H2. The van der Waals surface area contributed by atoms with E-state index in [1.54, 1.807) is 0 Å². The molecule has 0 saturated heterocycles. The van der Waals surface area contributed by atoms with Crippen molar-refractivity contribution >= 4 is 0 Å². The molecule has 1 saturated carbocycles. The third kappa shape index (κ3) is 4.27. The van der Waals surface area contributed by atoms with Gasteiger partial charge in [-0.25, -0.2) is 4.39 Å². The Morgan fingerprint density at radius 1 is 1.26 bits per heavy atom. The van der Waals surface area contributed by atoms with Crippen molar-refractivity contribution < 1.29 is 14.2 Å². The van der Waals surface area contributed by atoms with Gasteiger partial charge in [-0.05, 0) is 36.5 Å². The Bertz CT molecular complexity index is 365. The van der Waals surface area contributed by atoms with E-state index < -0.39 is 0 Å². The van der Waals surface area contributed by atoms with Crippen molar-refractivity contribution in [3.8, 4) is 0 Å². The highest BCUT2D eigenvalue weighted by atomic mass is 19.1. The molecular weight excluding hydrogens is 245 g/mol. The number of ether oxygens (including phenoxy) is 1. The van der Waals surface area contributed by atoms with Crippen LogP contribution in [0.1, 0.15) is 30.9 Å². The fraction of sp³-hybridized carbons (Fsp3) is 0.600. The molecule has 0 radical (unpaired) electrons. The quantitative estimate of drug-likeness (QED) is 0.710. The highest BCUT2D eigenvalue weighted by molar-refractivity contribution is 5.21. The first-order valence-electron chi connectivity index (χ1n) is 6.98. The average Bonchev–Trinajstić information content (AvgIpc) is 2.36. The minimum absolute atomic E-state index is 0.0595. The van der Waals surface area contributed by atoms with Crippen molar-refractivity contribution in [2.45, 2.75) is 25.3 Å². The van der Waals surface area contributed by atoms with E-state index in [0.717, 1.165) is 12.1 Å². The Labute approximate surface area is 113 Å². The van der Waals surface area contributed by atoms with E-state index in [-0.39, 0.29) is 18.5 Å². The fourth-order valence-electron chi connectivity index (χ4n) is 2.45. The molecule has 0 aromatic heterocycles. The summed E-state index contributed by atoms with van der Waals surface area (Å²) in [4.78, 5) is 0. The van der Waals surface area contributed by atoms with Crippen LogP contribution < -0.4 is 5.32 Å². The maximum atomic E-state index is 13.0. The number of aliphatic hydroxyl groups is 1. The number of hydrogen-bond donors (Lipinski definition) is 2. The molecule has 3 nitrogen and oxygen atoms in total. The predicted octanol–water partition coefficient (Wildman–Crippen LogP) is 2.27. The number of hydrogen-bond acceptors (Lipinski definition) is 3. The molecule has 1 aromatic rings. The summed E-state index contributed by atoms with van der Waals surface area (Å²) in [5.41, 5.74) is 1.15. The van der Waals surface area contributed by atoms with Gasteiger partial charge < -0.3 is 15.2 Å². The molecule has 1 unspecified atom stereocenters. The molecule has 4 heteroatoms. The van der Waals surface area contributed by atoms with E-state index >= 15 is 0 Å². The van der Waals surface area contributed by atoms with Crippen molar-refractivity contribution in [1.82, 2.24) is 5.32 Å². The summed E-state index contributed by atoms with van der Waals surface area (Å²) >= 11 is 0. The number of rotatable bonds is 8. The molecule has 1 atom stereocenters. The molecule has 1 aliphatic carbocycles. The lowest BCUT2D eigenvalue weighted by Crippen LogP contribution is -2.34. The van der Waals surface area contributed by atoms with Gasteiger partial charge in [0.15, 0.2) is 0 Å². The zero-order chi connectivity index (χ0) is 13.5. The second-order valence-corrected chi connectivity index (χ2v) is 5.01. The first-order chi connectivity index (χ1) is 9.31. The number of aliphatic hydroxyl groups excluding tert-OH is 1. The zero-order valence-corrected chi connectivity index (χ0v) is 11.1. The van der Waals surface area contributed by atoms with E-state index in [0.29, 0.717) is 19.1 Å². The molecule has 19 heavy (non-hydrogen) atoms. The molecular formula is C15H22FNO2. The normalized spacial score (nSPS) is 17.2. The highest BCUT2D eigenvalue weighted by Gasteiger charge is 2.27. The smallest absolute Gasteiger partial charge is 0.123 e. The summed E-state index contributed by atoms with van der Waals surface area (Å²) < 4.78 is 18.2. The predicted molar refractivity (Wildman–Crippen MR) is 72.4 cm³/mol. The van der Waals surface area contributed by atoms with Crippen LogP contribution in [0.5, 0.6) is 0 Å². The van der Waals surface area contributed by atoms with E-state index in [1.165, 1.54) is 31.4 Å². The largest absolute Gasteiger partial charge is 0.394 e. The second kappa shape index (κ2) is 7.58. The lowest BCUT2D eigenvalue weighted by atomic mass is 9.77. The van der Waals surface area contributed by atoms with E-state index in [9.17, 15) is 4.39 Å². The van der Waals surface area contributed by atoms with E-state index in [4.69, 9.17) is 9.84 Å². The molecule has 2 N–H and O–H groups in total. The molecule has 2 rings (SSSR count). The van der Waals surface area contributed by atoms with Gasteiger partial charge in [0.2, 0.25) is 0 Å². The van der Waals surface area contributed by atoms with Gasteiger partial charge in [-0.3, -0.25) is 0 Å². The fourth-order valence-corrected chi connectivity index (χ4v) is 2.45. The van der Waals surface area contributed by atoms with Gasteiger partial charge in [-0.1, -0.05) is 18.6 Å². The van der Waals surface area contributed by atoms with Crippen molar-refractivity contribution in [1.29, 1.82) is 0 Å². The Kier molecular flexibility index (Phi) is 5.76. The third-order valence-corrected chi connectivity index (χ3v) is 3.70. The maximum Gasteiger partial charge on any atom is 0.123 e. The summed E-state index contributed by atoms with van der Waals surface area (Å²) in [6.07, 6.45) is 3.74. The van der Waals surface area contributed by atoms with Crippen LogP contribution in [0.4, 0.5) is 4.39 Å². The van der Waals surface area contributed by atoms with Crippen LogP contribution >= 0.6 is 0 Å².